The fraction of sp³-hybridized carbons (Fsp3) is 0.667. The van der Waals surface area contributed by atoms with Crippen LogP contribution in [-0.4, -0.2) is 20.1 Å². The number of hydrogen-bond acceptors (Lipinski definition) is 4. The third kappa shape index (κ3) is 4.10. The lowest BCUT2D eigenvalue weighted by Crippen LogP contribution is -2.24. The van der Waals surface area contributed by atoms with Gasteiger partial charge in [0.15, 0.2) is 0 Å². The van der Waals surface area contributed by atoms with Crippen LogP contribution in [0.3, 0.4) is 0 Å². The van der Waals surface area contributed by atoms with Gasteiger partial charge in [-0.05, 0) is 31.5 Å². The SMILES string of the molecule is CCCCC(CC)C(NC)c1ccc(C(=O)OC)o1. The largest absolute Gasteiger partial charge is 0.463 e. The quantitative estimate of drug-likeness (QED) is 0.732. The van der Waals surface area contributed by atoms with Gasteiger partial charge < -0.3 is 14.5 Å². The molecule has 0 aliphatic heterocycles. The predicted octanol–water partition coefficient (Wildman–Crippen LogP) is 3.54. The molecule has 0 saturated heterocycles. The first-order valence-corrected chi connectivity index (χ1v) is 7.03. The first-order chi connectivity index (χ1) is 9.17. The van der Waals surface area contributed by atoms with Gasteiger partial charge in [-0.3, -0.25) is 0 Å². The van der Waals surface area contributed by atoms with Crippen molar-refractivity contribution in [2.75, 3.05) is 14.2 Å². The van der Waals surface area contributed by atoms with Gasteiger partial charge in [-0.2, -0.15) is 0 Å². The Morgan fingerprint density at radius 2 is 2.16 bits per heavy atom. The summed E-state index contributed by atoms with van der Waals surface area (Å²) in [4.78, 5) is 11.4. The summed E-state index contributed by atoms with van der Waals surface area (Å²) in [5.74, 6) is 1.17. The average molecular weight is 267 g/mol. The maximum absolute atomic E-state index is 11.4. The summed E-state index contributed by atoms with van der Waals surface area (Å²) in [6, 6.07) is 3.69. The van der Waals surface area contributed by atoms with Gasteiger partial charge in [0, 0.05) is 0 Å². The summed E-state index contributed by atoms with van der Waals surface area (Å²) < 4.78 is 10.3. The van der Waals surface area contributed by atoms with Crippen LogP contribution in [0, 0.1) is 5.92 Å². The molecular weight excluding hydrogens is 242 g/mol. The molecule has 0 fully saturated rings. The first-order valence-electron chi connectivity index (χ1n) is 7.03. The lowest BCUT2D eigenvalue weighted by molar-refractivity contribution is 0.0561. The smallest absolute Gasteiger partial charge is 0.373 e. The minimum absolute atomic E-state index is 0.148. The van der Waals surface area contributed by atoms with E-state index in [1.165, 1.54) is 20.0 Å². The van der Waals surface area contributed by atoms with Crippen LogP contribution in [0.1, 0.15) is 61.9 Å². The van der Waals surface area contributed by atoms with Crippen LogP contribution in [0.2, 0.25) is 0 Å². The van der Waals surface area contributed by atoms with E-state index in [1.807, 2.05) is 13.1 Å². The molecule has 0 amide bonds. The summed E-state index contributed by atoms with van der Waals surface area (Å²) in [5, 5.41) is 3.30. The predicted molar refractivity (Wildman–Crippen MR) is 75.2 cm³/mol. The highest BCUT2D eigenvalue weighted by atomic mass is 16.5. The molecule has 1 N–H and O–H groups in total. The molecule has 0 saturated carbocycles. The minimum atomic E-state index is -0.428. The van der Waals surface area contributed by atoms with Crippen LogP contribution < -0.4 is 5.32 Å². The molecular formula is C15H25NO3. The zero-order valence-corrected chi connectivity index (χ0v) is 12.4. The molecule has 0 bridgehead atoms. The molecule has 0 aliphatic rings. The normalized spacial score (nSPS) is 14.1. The van der Waals surface area contributed by atoms with Crippen LogP contribution in [0.25, 0.3) is 0 Å². The topological polar surface area (TPSA) is 51.5 Å². The van der Waals surface area contributed by atoms with Crippen molar-refractivity contribution in [1.82, 2.24) is 5.32 Å². The van der Waals surface area contributed by atoms with E-state index in [9.17, 15) is 4.79 Å². The van der Waals surface area contributed by atoms with Crippen LogP contribution in [0.5, 0.6) is 0 Å². The highest BCUT2D eigenvalue weighted by Crippen LogP contribution is 2.30. The number of carbonyl (C=O) groups is 1. The average Bonchev–Trinajstić information content (AvgIpc) is 2.91. The van der Waals surface area contributed by atoms with E-state index < -0.39 is 5.97 Å². The van der Waals surface area contributed by atoms with Crippen molar-refractivity contribution in [3.8, 4) is 0 Å². The summed E-state index contributed by atoms with van der Waals surface area (Å²) >= 11 is 0. The van der Waals surface area contributed by atoms with Crippen LogP contribution >= 0.6 is 0 Å². The molecule has 0 aromatic carbocycles. The van der Waals surface area contributed by atoms with E-state index >= 15 is 0 Å². The number of hydrogen-bond donors (Lipinski definition) is 1. The van der Waals surface area contributed by atoms with E-state index in [4.69, 9.17) is 4.42 Å². The second kappa shape index (κ2) is 8.00. The zero-order chi connectivity index (χ0) is 14.3. The van der Waals surface area contributed by atoms with Gasteiger partial charge in [0.1, 0.15) is 5.76 Å². The Kier molecular flexibility index (Phi) is 6.64. The molecule has 108 valence electrons. The highest BCUT2D eigenvalue weighted by Gasteiger charge is 2.24. The fourth-order valence-corrected chi connectivity index (χ4v) is 2.41. The number of furan rings is 1. The van der Waals surface area contributed by atoms with Crippen molar-refractivity contribution in [1.29, 1.82) is 0 Å². The van der Waals surface area contributed by atoms with Crippen molar-refractivity contribution < 1.29 is 13.9 Å². The van der Waals surface area contributed by atoms with Gasteiger partial charge in [-0.1, -0.05) is 33.1 Å². The molecule has 19 heavy (non-hydrogen) atoms. The molecule has 1 aromatic heterocycles. The Morgan fingerprint density at radius 1 is 1.42 bits per heavy atom. The number of esters is 1. The molecule has 1 aromatic rings. The van der Waals surface area contributed by atoms with E-state index in [0.29, 0.717) is 5.92 Å². The summed E-state index contributed by atoms with van der Waals surface area (Å²) in [6.07, 6.45) is 4.65. The number of ether oxygens (including phenoxy) is 1. The molecule has 2 atom stereocenters. The Labute approximate surface area is 115 Å². The maximum atomic E-state index is 11.4. The van der Waals surface area contributed by atoms with E-state index in [2.05, 4.69) is 23.9 Å². The van der Waals surface area contributed by atoms with Gasteiger partial charge in [0.25, 0.3) is 0 Å². The molecule has 2 unspecified atom stereocenters. The van der Waals surface area contributed by atoms with Gasteiger partial charge in [0.05, 0.1) is 13.2 Å². The van der Waals surface area contributed by atoms with E-state index in [1.54, 1.807) is 6.07 Å². The molecule has 0 aliphatic carbocycles. The molecule has 4 heteroatoms. The van der Waals surface area contributed by atoms with Crippen molar-refractivity contribution in [3.63, 3.8) is 0 Å². The van der Waals surface area contributed by atoms with Gasteiger partial charge in [0.2, 0.25) is 5.76 Å². The maximum Gasteiger partial charge on any atom is 0.373 e. The third-order valence-electron chi connectivity index (χ3n) is 3.56. The standard InChI is InChI=1S/C15H25NO3/c1-5-7-8-11(6-2)14(16-3)12-9-10-13(19-12)15(17)18-4/h9-11,14,16H,5-8H2,1-4H3. The third-order valence-corrected chi connectivity index (χ3v) is 3.56. The monoisotopic (exact) mass is 267 g/mol. The molecule has 4 nitrogen and oxygen atoms in total. The number of unbranched alkanes of at least 4 members (excludes halogenated alkanes) is 1. The zero-order valence-electron chi connectivity index (χ0n) is 12.4. The van der Waals surface area contributed by atoms with Gasteiger partial charge >= 0.3 is 5.97 Å². The lowest BCUT2D eigenvalue weighted by atomic mass is 9.90. The van der Waals surface area contributed by atoms with Crippen molar-refractivity contribution in [2.24, 2.45) is 5.92 Å². The van der Waals surface area contributed by atoms with E-state index in [-0.39, 0.29) is 11.8 Å². The summed E-state index contributed by atoms with van der Waals surface area (Å²) in [6.45, 7) is 4.39. The highest BCUT2D eigenvalue weighted by molar-refractivity contribution is 5.86. The number of rotatable bonds is 8. The van der Waals surface area contributed by atoms with Crippen LogP contribution in [0.4, 0.5) is 0 Å². The van der Waals surface area contributed by atoms with Gasteiger partial charge in [-0.25, -0.2) is 4.79 Å². The molecule has 1 heterocycles. The lowest BCUT2D eigenvalue weighted by Gasteiger charge is -2.24. The van der Waals surface area contributed by atoms with Gasteiger partial charge in [-0.15, -0.1) is 0 Å². The Hall–Kier alpha value is -1.29. The first kappa shape index (κ1) is 15.8. The number of nitrogens with one attached hydrogen (secondary N) is 1. The second-order valence-corrected chi connectivity index (χ2v) is 4.77. The summed E-state index contributed by atoms with van der Waals surface area (Å²) in [5.41, 5.74) is 0. The Bertz CT molecular complexity index is 386. The van der Waals surface area contributed by atoms with Crippen molar-refractivity contribution in [2.45, 2.75) is 45.6 Å². The Morgan fingerprint density at radius 3 is 2.68 bits per heavy atom. The molecule has 0 radical (unpaired) electrons. The molecule has 0 spiro atoms. The Balaban J connectivity index is 2.83. The second-order valence-electron chi connectivity index (χ2n) is 4.77. The molecule has 1 rings (SSSR count). The van der Waals surface area contributed by atoms with Crippen LogP contribution in [0.15, 0.2) is 16.5 Å². The van der Waals surface area contributed by atoms with Crippen molar-refractivity contribution in [3.05, 3.63) is 23.7 Å². The van der Waals surface area contributed by atoms with E-state index in [0.717, 1.165) is 18.6 Å². The number of carbonyl (C=O) groups excluding carboxylic acids is 1. The number of methoxy groups -OCH3 is 1. The summed E-state index contributed by atoms with van der Waals surface area (Å²) in [7, 11) is 3.29. The minimum Gasteiger partial charge on any atom is -0.463 e. The van der Waals surface area contributed by atoms with Crippen LogP contribution in [-0.2, 0) is 4.74 Å². The fourth-order valence-electron chi connectivity index (χ4n) is 2.41. The van der Waals surface area contributed by atoms with Crippen molar-refractivity contribution >= 4 is 5.97 Å².